The summed E-state index contributed by atoms with van der Waals surface area (Å²) in [4.78, 5) is 12.6. The number of amides is 1. The first kappa shape index (κ1) is 19.1. The highest BCUT2D eigenvalue weighted by Gasteiger charge is 2.19. The van der Waals surface area contributed by atoms with E-state index < -0.39 is 10.0 Å². The van der Waals surface area contributed by atoms with Gasteiger partial charge < -0.3 is 5.32 Å². The van der Waals surface area contributed by atoms with E-state index in [1.54, 1.807) is 12.1 Å². The molecule has 0 aromatic heterocycles. The maximum Gasteiger partial charge on any atom is 0.251 e. The normalized spacial score (nSPS) is 12.9. The first-order valence-corrected chi connectivity index (χ1v) is 9.47. The molecule has 0 fully saturated rings. The number of carbonyl (C=O) groups is 1. The summed E-state index contributed by atoms with van der Waals surface area (Å²) >= 11 is 0. The van der Waals surface area contributed by atoms with Crippen molar-refractivity contribution in [3.63, 3.8) is 0 Å². The van der Waals surface area contributed by atoms with Gasteiger partial charge in [-0.05, 0) is 55.7 Å². The Kier molecular flexibility index (Phi) is 5.65. The van der Waals surface area contributed by atoms with Crippen LogP contribution in [0, 0.1) is 13.8 Å². The Hall–Kier alpha value is -2.18. The first-order valence-electron chi connectivity index (χ1n) is 8.03. The molecule has 2 aromatic carbocycles. The summed E-state index contributed by atoms with van der Waals surface area (Å²) in [6, 6.07) is 12.0. The predicted molar refractivity (Wildman–Crippen MR) is 99.1 cm³/mol. The highest BCUT2D eigenvalue weighted by Crippen LogP contribution is 2.19. The van der Waals surface area contributed by atoms with Crippen LogP contribution in [0.4, 0.5) is 0 Å². The summed E-state index contributed by atoms with van der Waals surface area (Å²) in [6.07, 6.45) is 0. The zero-order valence-electron chi connectivity index (χ0n) is 15.2. The van der Waals surface area contributed by atoms with Gasteiger partial charge in [-0.25, -0.2) is 12.7 Å². The first-order chi connectivity index (χ1) is 11.6. The quantitative estimate of drug-likeness (QED) is 0.891. The van der Waals surface area contributed by atoms with Gasteiger partial charge in [0.25, 0.3) is 5.91 Å². The Balaban J connectivity index is 2.22. The Morgan fingerprint density at radius 3 is 2.32 bits per heavy atom. The smallest absolute Gasteiger partial charge is 0.251 e. The van der Waals surface area contributed by atoms with E-state index in [9.17, 15) is 13.2 Å². The minimum atomic E-state index is -3.57. The van der Waals surface area contributed by atoms with Crippen LogP contribution in [0.3, 0.4) is 0 Å². The molecule has 0 radical (unpaired) electrons. The summed E-state index contributed by atoms with van der Waals surface area (Å²) in [6.45, 7) is 5.98. The second-order valence-electron chi connectivity index (χ2n) is 6.35. The molecular formula is C19H24N2O3S. The summed E-state index contributed by atoms with van der Waals surface area (Å²) in [7, 11) is -0.646. The van der Waals surface area contributed by atoms with E-state index in [4.69, 9.17) is 0 Å². The van der Waals surface area contributed by atoms with Crippen molar-refractivity contribution >= 4 is 15.9 Å². The fourth-order valence-corrected chi connectivity index (χ4v) is 3.35. The third-order valence-corrected chi connectivity index (χ3v) is 6.06. The lowest BCUT2D eigenvalue weighted by Crippen LogP contribution is -2.27. The van der Waals surface area contributed by atoms with E-state index in [1.807, 2.05) is 39.0 Å². The summed E-state index contributed by atoms with van der Waals surface area (Å²) < 4.78 is 25.6. The number of rotatable bonds is 5. The van der Waals surface area contributed by atoms with Crippen LogP contribution in [-0.2, 0) is 10.0 Å². The van der Waals surface area contributed by atoms with Crippen LogP contribution >= 0.6 is 0 Å². The lowest BCUT2D eigenvalue weighted by Gasteiger charge is -2.16. The standard InChI is InChI=1S/C19H24N2O3S/c1-13-9-10-16(11-14(13)2)15(3)20-19(22)17-7-6-8-18(12-17)25(23,24)21(4)5/h6-12,15H,1-5H3,(H,20,22)/t15-/m1/s1. The molecule has 0 saturated carbocycles. The van der Waals surface area contributed by atoms with Crippen molar-refractivity contribution < 1.29 is 13.2 Å². The molecule has 5 nitrogen and oxygen atoms in total. The average molecular weight is 360 g/mol. The molecule has 25 heavy (non-hydrogen) atoms. The zero-order valence-corrected chi connectivity index (χ0v) is 16.0. The Morgan fingerprint density at radius 1 is 1.04 bits per heavy atom. The van der Waals surface area contributed by atoms with Gasteiger partial charge in [0.1, 0.15) is 0 Å². The maximum atomic E-state index is 12.5. The molecule has 0 spiro atoms. The van der Waals surface area contributed by atoms with Crippen molar-refractivity contribution in [2.75, 3.05) is 14.1 Å². The number of sulfonamides is 1. The SMILES string of the molecule is Cc1ccc([C@@H](C)NC(=O)c2cccc(S(=O)(=O)N(C)C)c2)cc1C. The number of hydrogen-bond donors (Lipinski definition) is 1. The third kappa shape index (κ3) is 4.27. The number of nitrogens with zero attached hydrogens (tertiary/aromatic N) is 1. The number of benzene rings is 2. The van der Waals surface area contributed by atoms with Gasteiger partial charge in [0.05, 0.1) is 10.9 Å². The molecule has 0 aliphatic heterocycles. The molecule has 134 valence electrons. The fourth-order valence-electron chi connectivity index (χ4n) is 2.41. The van der Waals surface area contributed by atoms with Gasteiger partial charge in [-0.3, -0.25) is 4.79 Å². The van der Waals surface area contributed by atoms with E-state index in [0.29, 0.717) is 5.56 Å². The molecule has 1 atom stereocenters. The number of nitrogens with one attached hydrogen (secondary N) is 1. The molecule has 2 aromatic rings. The summed E-state index contributed by atoms with van der Waals surface area (Å²) in [5.41, 5.74) is 3.69. The van der Waals surface area contributed by atoms with E-state index in [0.717, 1.165) is 15.4 Å². The Bertz CT molecular complexity index is 889. The molecule has 0 aliphatic carbocycles. The van der Waals surface area contributed by atoms with Crippen LogP contribution in [-0.4, -0.2) is 32.7 Å². The minimum Gasteiger partial charge on any atom is -0.346 e. The molecule has 0 bridgehead atoms. The zero-order chi connectivity index (χ0) is 18.8. The number of aryl methyl sites for hydroxylation is 2. The number of carbonyl (C=O) groups excluding carboxylic acids is 1. The summed E-state index contributed by atoms with van der Waals surface area (Å²) in [5.74, 6) is -0.304. The van der Waals surface area contributed by atoms with Crippen molar-refractivity contribution in [1.82, 2.24) is 9.62 Å². The van der Waals surface area contributed by atoms with Gasteiger partial charge in [0, 0.05) is 19.7 Å². The third-order valence-electron chi connectivity index (χ3n) is 4.25. The monoisotopic (exact) mass is 360 g/mol. The highest BCUT2D eigenvalue weighted by molar-refractivity contribution is 7.89. The molecule has 0 unspecified atom stereocenters. The van der Waals surface area contributed by atoms with E-state index in [1.165, 1.54) is 31.8 Å². The van der Waals surface area contributed by atoms with Crippen molar-refractivity contribution in [2.45, 2.75) is 31.7 Å². The highest BCUT2D eigenvalue weighted by atomic mass is 32.2. The van der Waals surface area contributed by atoms with Gasteiger partial charge in [-0.2, -0.15) is 0 Å². The van der Waals surface area contributed by atoms with Crippen LogP contribution in [0.5, 0.6) is 0 Å². The molecule has 0 saturated heterocycles. The molecule has 2 rings (SSSR count). The van der Waals surface area contributed by atoms with Crippen LogP contribution < -0.4 is 5.32 Å². The Labute approximate surface area is 149 Å². The second-order valence-corrected chi connectivity index (χ2v) is 8.51. The lowest BCUT2D eigenvalue weighted by atomic mass is 10.0. The van der Waals surface area contributed by atoms with Crippen molar-refractivity contribution in [1.29, 1.82) is 0 Å². The average Bonchev–Trinajstić information content (AvgIpc) is 2.57. The van der Waals surface area contributed by atoms with E-state index >= 15 is 0 Å². The van der Waals surface area contributed by atoms with Crippen LogP contribution in [0.2, 0.25) is 0 Å². The molecule has 0 heterocycles. The molecule has 1 N–H and O–H groups in total. The summed E-state index contributed by atoms with van der Waals surface area (Å²) in [5, 5.41) is 2.92. The van der Waals surface area contributed by atoms with Crippen LogP contribution in [0.1, 0.15) is 40.0 Å². The molecule has 6 heteroatoms. The van der Waals surface area contributed by atoms with Crippen molar-refractivity contribution in [3.8, 4) is 0 Å². The molecular weight excluding hydrogens is 336 g/mol. The lowest BCUT2D eigenvalue weighted by molar-refractivity contribution is 0.0939. The van der Waals surface area contributed by atoms with E-state index in [-0.39, 0.29) is 16.8 Å². The van der Waals surface area contributed by atoms with Crippen molar-refractivity contribution in [2.24, 2.45) is 0 Å². The van der Waals surface area contributed by atoms with Gasteiger partial charge in [-0.15, -0.1) is 0 Å². The maximum absolute atomic E-state index is 12.5. The predicted octanol–water partition coefficient (Wildman–Crippen LogP) is 3.04. The molecule has 0 aliphatic rings. The van der Waals surface area contributed by atoms with Gasteiger partial charge in [0.15, 0.2) is 0 Å². The second kappa shape index (κ2) is 7.37. The van der Waals surface area contributed by atoms with Crippen LogP contribution in [0.25, 0.3) is 0 Å². The van der Waals surface area contributed by atoms with E-state index in [2.05, 4.69) is 5.32 Å². The van der Waals surface area contributed by atoms with Gasteiger partial charge >= 0.3 is 0 Å². The largest absolute Gasteiger partial charge is 0.346 e. The van der Waals surface area contributed by atoms with Crippen LogP contribution in [0.15, 0.2) is 47.4 Å². The minimum absolute atomic E-state index is 0.101. The topological polar surface area (TPSA) is 66.5 Å². The van der Waals surface area contributed by atoms with Gasteiger partial charge in [-0.1, -0.05) is 24.3 Å². The fraction of sp³-hybridized carbons (Fsp3) is 0.316. The van der Waals surface area contributed by atoms with Gasteiger partial charge in [0.2, 0.25) is 10.0 Å². The molecule has 1 amide bonds. The van der Waals surface area contributed by atoms with Crippen molar-refractivity contribution in [3.05, 3.63) is 64.7 Å². The Morgan fingerprint density at radius 2 is 1.72 bits per heavy atom. The number of hydrogen-bond acceptors (Lipinski definition) is 3.